The van der Waals surface area contributed by atoms with Crippen molar-refractivity contribution in [3.8, 4) is 5.75 Å². The Kier molecular flexibility index (Phi) is 4.98. The standard InChI is InChI=1S/C21H20F2N2O3/c22-21(23)28-16-6-3-5-15(11-16)25-12-14(10-19(25)26)20(27)24-18-9-8-13-4-1-2-7-17(13)18/h1-7,11,14,18,21H,8-10,12H2,(H,24,27). The van der Waals surface area contributed by atoms with Crippen molar-refractivity contribution >= 4 is 17.5 Å². The SMILES string of the molecule is O=C(NC1CCc2ccccc21)C1CC(=O)N(c2cccc(OC(F)F)c2)C1. The number of rotatable bonds is 5. The summed E-state index contributed by atoms with van der Waals surface area (Å²) in [6, 6.07) is 14.0. The molecule has 1 fully saturated rings. The Balaban J connectivity index is 1.43. The lowest BCUT2D eigenvalue weighted by atomic mass is 10.1. The second-order valence-corrected chi connectivity index (χ2v) is 7.08. The summed E-state index contributed by atoms with van der Waals surface area (Å²) in [6.45, 7) is -2.71. The van der Waals surface area contributed by atoms with Gasteiger partial charge in [0.2, 0.25) is 11.8 Å². The molecule has 146 valence electrons. The van der Waals surface area contributed by atoms with E-state index in [0.29, 0.717) is 5.69 Å². The van der Waals surface area contributed by atoms with E-state index in [1.807, 2.05) is 18.2 Å². The molecule has 1 heterocycles. The smallest absolute Gasteiger partial charge is 0.387 e. The number of hydrogen-bond donors (Lipinski definition) is 1. The lowest BCUT2D eigenvalue weighted by Gasteiger charge is -2.19. The van der Waals surface area contributed by atoms with Crippen LogP contribution in [-0.4, -0.2) is 25.0 Å². The van der Waals surface area contributed by atoms with E-state index >= 15 is 0 Å². The first-order chi connectivity index (χ1) is 13.5. The van der Waals surface area contributed by atoms with Crippen molar-refractivity contribution in [2.75, 3.05) is 11.4 Å². The van der Waals surface area contributed by atoms with E-state index in [0.717, 1.165) is 18.4 Å². The van der Waals surface area contributed by atoms with Crippen molar-refractivity contribution in [1.29, 1.82) is 0 Å². The molecule has 2 aromatic carbocycles. The first kappa shape index (κ1) is 18.4. The van der Waals surface area contributed by atoms with E-state index in [-0.39, 0.29) is 36.6 Å². The molecular weight excluding hydrogens is 366 g/mol. The number of nitrogens with one attached hydrogen (secondary N) is 1. The highest BCUT2D eigenvalue weighted by Gasteiger charge is 2.36. The minimum absolute atomic E-state index is 0.0178. The Morgan fingerprint density at radius 3 is 2.82 bits per heavy atom. The Labute approximate surface area is 161 Å². The Morgan fingerprint density at radius 1 is 1.18 bits per heavy atom. The first-order valence-corrected chi connectivity index (χ1v) is 9.24. The highest BCUT2D eigenvalue weighted by Crippen LogP contribution is 2.32. The highest BCUT2D eigenvalue weighted by molar-refractivity contribution is 6.00. The molecule has 5 nitrogen and oxygen atoms in total. The van der Waals surface area contributed by atoms with Gasteiger partial charge in [-0.3, -0.25) is 9.59 Å². The monoisotopic (exact) mass is 386 g/mol. The van der Waals surface area contributed by atoms with Gasteiger partial charge in [-0.2, -0.15) is 8.78 Å². The van der Waals surface area contributed by atoms with Gasteiger partial charge in [-0.25, -0.2) is 0 Å². The number of ether oxygens (including phenoxy) is 1. The molecule has 1 N–H and O–H groups in total. The predicted octanol–water partition coefficient (Wildman–Crippen LogP) is 3.44. The van der Waals surface area contributed by atoms with Gasteiger partial charge in [0.15, 0.2) is 0 Å². The normalized spacial score (nSPS) is 21.1. The van der Waals surface area contributed by atoms with E-state index < -0.39 is 12.5 Å². The molecule has 2 unspecified atom stereocenters. The molecule has 2 aliphatic rings. The van der Waals surface area contributed by atoms with Crippen LogP contribution in [0.5, 0.6) is 5.75 Å². The quantitative estimate of drug-likeness (QED) is 0.856. The lowest BCUT2D eigenvalue weighted by molar-refractivity contribution is -0.127. The summed E-state index contributed by atoms with van der Waals surface area (Å²) in [5.74, 6) is -0.852. The maximum absolute atomic E-state index is 12.7. The molecule has 2 aromatic rings. The highest BCUT2D eigenvalue weighted by atomic mass is 19.3. The molecular formula is C21H20F2N2O3. The van der Waals surface area contributed by atoms with Crippen LogP contribution in [0.2, 0.25) is 0 Å². The average Bonchev–Trinajstić information content (AvgIpc) is 3.25. The number of nitrogens with zero attached hydrogens (tertiary/aromatic N) is 1. The van der Waals surface area contributed by atoms with Gasteiger partial charge in [-0.1, -0.05) is 30.3 Å². The number of fused-ring (bicyclic) bond motifs is 1. The zero-order chi connectivity index (χ0) is 19.7. The van der Waals surface area contributed by atoms with Crippen molar-refractivity contribution in [3.05, 3.63) is 59.7 Å². The van der Waals surface area contributed by atoms with E-state index in [1.165, 1.54) is 22.6 Å². The van der Waals surface area contributed by atoms with Gasteiger partial charge in [0.1, 0.15) is 5.75 Å². The number of anilines is 1. The van der Waals surface area contributed by atoms with Crippen molar-refractivity contribution in [2.45, 2.75) is 31.9 Å². The second kappa shape index (κ2) is 7.58. The molecule has 0 aromatic heterocycles. The molecule has 28 heavy (non-hydrogen) atoms. The van der Waals surface area contributed by atoms with E-state index in [2.05, 4.69) is 16.1 Å². The number of alkyl halides is 2. The fourth-order valence-corrected chi connectivity index (χ4v) is 3.96. The Morgan fingerprint density at radius 2 is 2.00 bits per heavy atom. The molecule has 2 atom stereocenters. The summed E-state index contributed by atoms with van der Waals surface area (Å²) < 4.78 is 29.2. The van der Waals surface area contributed by atoms with Crippen molar-refractivity contribution in [1.82, 2.24) is 5.32 Å². The zero-order valence-electron chi connectivity index (χ0n) is 15.1. The molecule has 0 bridgehead atoms. The number of amides is 2. The number of aryl methyl sites for hydroxylation is 1. The number of halogens is 2. The number of carbonyl (C=O) groups is 2. The van der Waals surface area contributed by atoms with Crippen LogP contribution in [0.3, 0.4) is 0 Å². The maximum Gasteiger partial charge on any atom is 0.387 e. The Bertz CT molecular complexity index is 903. The van der Waals surface area contributed by atoms with Gasteiger partial charge in [0.25, 0.3) is 0 Å². The predicted molar refractivity (Wildman–Crippen MR) is 99.2 cm³/mol. The molecule has 1 aliphatic carbocycles. The van der Waals surface area contributed by atoms with Crippen LogP contribution in [0.25, 0.3) is 0 Å². The van der Waals surface area contributed by atoms with Crippen LogP contribution >= 0.6 is 0 Å². The van der Waals surface area contributed by atoms with Crippen molar-refractivity contribution < 1.29 is 23.1 Å². The number of benzene rings is 2. The molecule has 2 amide bonds. The van der Waals surface area contributed by atoms with Gasteiger partial charge in [0, 0.05) is 24.7 Å². The van der Waals surface area contributed by atoms with Crippen molar-refractivity contribution in [3.63, 3.8) is 0 Å². The summed E-state index contributed by atoms with van der Waals surface area (Å²) in [5, 5.41) is 3.07. The molecule has 7 heteroatoms. The van der Waals surface area contributed by atoms with Gasteiger partial charge < -0.3 is 15.0 Å². The van der Waals surface area contributed by atoms with Crippen LogP contribution in [0.1, 0.15) is 30.0 Å². The van der Waals surface area contributed by atoms with E-state index in [1.54, 1.807) is 12.1 Å². The summed E-state index contributed by atoms with van der Waals surface area (Å²) in [7, 11) is 0. The summed E-state index contributed by atoms with van der Waals surface area (Å²) in [4.78, 5) is 26.6. The fraction of sp³-hybridized carbons (Fsp3) is 0.333. The lowest BCUT2D eigenvalue weighted by Crippen LogP contribution is -2.34. The topological polar surface area (TPSA) is 58.6 Å². The van der Waals surface area contributed by atoms with E-state index in [9.17, 15) is 18.4 Å². The third kappa shape index (κ3) is 3.69. The van der Waals surface area contributed by atoms with Gasteiger partial charge >= 0.3 is 6.61 Å². The van der Waals surface area contributed by atoms with Gasteiger partial charge in [-0.05, 0) is 36.1 Å². The summed E-state index contributed by atoms with van der Waals surface area (Å²) >= 11 is 0. The van der Waals surface area contributed by atoms with Crippen LogP contribution in [0, 0.1) is 5.92 Å². The first-order valence-electron chi connectivity index (χ1n) is 9.24. The van der Waals surface area contributed by atoms with Gasteiger partial charge in [0.05, 0.1) is 12.0 Å². The summed E-state index contributed by atoms with van der Waals surface area (Å²) in [5.41, 5.74) is 2.83. The minimum atomic E-state index is -2.93. The fourth-order valence-electron chi connectivity index (χ4n) is 3.96. The maximum atomic E-state index is 12.7. The van der Waals surface area contributed by atoms with Crippen LogP contribution in [0.4, 0.5) is 14.5 Å². The summed E-state index contributed by atoms with van der Waals surface area (Å²) in [6.07, 6.45) is 1.87. The van der Waals surface area contributed by atoms with Gasteiger partial charge in [-0.15, -0.1) is 0 Å². The average molecular weight is 386 g/mol. The minimum Gasteiger partial charge on any atom is -0.435 e. The van der Waals surface area contributed by atoms with E-state index in [4.69, 9.17) is 0 Å². The van der Waals surface area contributed by atoms with Crippen molar-refractivity contribution in [2.24, 2.45) is 5.92 Å². The Hall–Kier alpha value is -2.96. The molecule has 1 aliphatic heterocycles. The number of hydrogen-bond acceptors (Lipinski definition) is 3. The molecule has 0 spiro atoms. The zero-order valence-corrected chi connectivity index (χ0v) is 15.1. The molecule has 0 saturated carbocycles. The molecule has 4 rings (SSSR count). The third-order valence-electron chi connectivity index (χ3n) is 5.30. The van der Waals surface area contributed by atoms with Crippen LogP contribution in [0.15, 0.2) is 48.5 Å². The van der Waals surface area contributed by atoms with Crippen LogP contribution < -0.4 is 15.0 Å². The second-order valence-electron chi connectivity index (χ2n) is 7.08. The third-order valence-corrected chi connectivity index (χ3v) is 5.30. The van der Waals surface area contributed by atoms with Crippen LogP contribution in [-0.2, 0) is 16.0 Å². The molecule has 0 radical (unpaired) electrons. The largest absolute Gasteiger partial charge is 0.435 e. The molecule has 1 saturated heterocycles. The number of carbonyl (C=O) groups excluding carboxylic acids is 2.